The van der Waals surface area contributed by atoms with Gasteiger partial charge in [0, 0.05) is 26.2 Å². The van der Waals surface area contributed by atoms with Crippen LogP contribution in [0.15, 0.2) is 30.3 Å². The van der Waals surface area contributed by atoms with Crippen molar-refractivity contribution in [3.63, 3.8) is 0 Å². The van der Waals surface area contributed by atoms with E-state index in [0.29, 0.717) is 32.5 Å². The highest BCUT2D eigenvalue weighted by Gasteiger charge is 2.43. The van der Waals surface area contributed by atoms with Gasteiger partial charge in [-0.25, -0.2) is 4.79 Å². The highest BCUT2D eigenvalue weighted by Crippen LogP contribution is 2.30. The molecular formula is C18H23N3O4. The molecule has 2 fully saturated rings. The lowest BCUT2D eigenvalue weighted by Gasteiger charge is -2.22. The predicted molar refractivity (Wildman–Crippen MR) is 90.7 cm³/mol. The Labute approximate surface area is 146 Å². The Balaban J connectivity index is 1.55. The molecule has 2 unspecified atom stereocenters. The molecule has 7 heteroatoms. The number of carboxylic acids is 1. The van der Waals surface area contributed by atoms with E-state index >= 15 is 0 Å². The molecule has 1 aromatic carbocycles. The summed E-state index contributed by atoms with van der Waals surface area (Å²) in [4.78, 5) is 39.4. The number of carbonyl (C=O) groups excluding carboxylic acids is 2. The van der Waals surface area contributed by atoms with E-state index in [0.717, 1.165) is 5.56 Å². The van der Waals surface area contributed by atoms with E-state index in [1.165, 1.54) is 4.90 Å². The number of hydrogen-bond acceptors (Lipinski definition) is 3. The molecule has 2 N–H and O–H groups in total. The van der Waals surface area contributed by atoms with Crippen LogP contribution in [-0.4, -0.2) is 58.5 Å². The Morgan fingerprint density at radius 1 is 1.28 bits per heavy atom. The fraction of sp³-hybridized carbons (Fsp3) is 0.500. The normalized spacial score (nSPS) is 26.1. The molecule has 3 amide bonds. The molecule has 3 rings (SSSR count). The summed E-state index contributed by atoms with van der Waals surface area (Å²) in [6.45, 7) is 3.34. The second-order valence-electron chi connectivity index (χ2n) is 7.07. The Morgan fingerprint density at radius 2 is 2.00 bits per heavy atom. The van der Waals surface area contributed by atoms with Gasteiger partial charge < -0.3 is 20.2 Å². The summed E-state index contributed by atoms with van der Waals surface area (Å²) in [5.41, 5.74) is 0.149. The van der Waals surface area contributed by atoms with Crippen LogP contribution < -0.4 is 5.32 Å². The Hall–Kier alpha value is -2.57. The molecule has 134 valence electrons. The fourth-order valence-corrected chi connectivity index (χ4v) is 3.38. The monoisotopic (exact) mass is 345 g/mol. The molecule has 2 aliphatic heterocycles. The summed E-state index contributed by atoms with van der Waals surface area (Å²) in [5, 5.41) is 12.0. The number of benzene rings is 1. The van der Waals surface area contributed by atoms with Crippen LogP contribution in [-0.2, 0) is 16.1 Å². The molecular weight excluding hydrogens is 322 g/mol. The maximum Gasteiger partial charge on any atom is 0.318 e. The Kier molecular flexibility index (Phi) is 4.65. The van der Waals surface area contributed by atoms with Crippen LogP contribution in [0.25, 0.3) is 0 Å². The Bertz CT molecular complexity index is 678. The molecule has 0 bridgehead atoms. The Morgan fingerprint density at radius 3 is 2.64 bits per heavy atom. The molecule has 25 heavy (non-hydrogen) atoms. The molecule has 0 spiro atoms. The van der Waals surface area contributed by atoms with Crippen molar-refractivity contribution >= 4 is 17.9 Å². The van der Waals surface area contributed by atoms with Crippen molar-refractivity contribution in [3.8, 4) is 0 Å². The number of carboxylic acid groups (broad SMARTS) is 1. The fourth-order valence-electron chi connectivity index (χ4n) is 3.38. The number of aliphatic carboxylic acids is 1. The first kappa shape index (κ1) is 17.3. The molecule has 2 aliphatic rings. The van der Waals surface area contributed by atoms with Crippen LogP contribution in [0.1, 0.15) is 25.3 Å². The topological polar surface area (TPSA) is 89.9 Å². The molecule has 2 atom stereocenters. The number of nitrogens with zero attached hydrogens (tertiary/aromatic N) is 2. The van der Waals surface area contributed by atoms with Crippen molar-refractivity contribution in [2.75, 3.05) is 19.6 Å². The van der Waals surface area contributed by atoms with Crippen LogP contribution in [0.4, 0.5) is 4.79 Å². The number of carbonyl (C=O) groups is 3. The zero-order valence-corrected chi connectivity index (χ0v) is 14.3. The third kappa shape index (κ3) is 3.60. The van der Waals surface area contributed by atoms with Gasteiger partial charge in [0.1, 0.15) is 6.04 Å². The smallest absolute Gasteiger partial charge is 0.318 e. The predicted octanol–water partition coefficient (Wildman–Crippen LogP) is 1.29. The van der Waals surface area contributed by atoms with Crippen molar-refractivity contribution in [2.45, 2.75) is 32.4 Å². The summed E-state index contributed by atoms with van der Waals surface area (Å²) in [6.07, 6.45) is 0.996. The van der Waals surface area contributed by atoms with Gasteiger partial charge >= 0.3 is 12.0 Å². The third-order valence-electron chi connectivity index (χ3n) is 5.09. The first-order chi connectivity index (χ1) is 11.9. The number of nitrogens with one attached hydrogen (secondary N) is 1. The third-order valence-corrected chi connectivity index (χ3v) is 5.09. The molecule has 1 aromatic rings. The number of urea groups is 1. The molecule has 7 nitrogen and oxygen atoms in total. The first-order valence-corrected chi connectivity index (χ1v) is 8.51. The SMILES string of the molecule is CC1(C(=O)O)CCN(C(=O)NC2CCN(Cc3ccccc3)C2=O)C1. The van der Waals surface area contributed by atoms with Crippen LogP contribution in [0.2, 0.25) is 0 Å². The zero-order chi connectivity index (χ0) is 18.0. The van der Waals surface area contributed by atoms with E-state index in [4.69, 9.17) is 0 Å². The van der Waals surface area contributed by atoms with Gasteiger partial charge in [0.15, 0.2) is 0 Å². The van der Waals surface area contributed by atoms with Gasteiger partial charge in [-0.15, -0.1) is 0 Å². The van der Waals surface area contributed by atoms with E-state index in [1.54, 1.807) is 11.8 Å². The molecule has 0 radical (unpaired) electrons. The van der Waals surface area contributed by atoms with Crippen molar-refractivity contribution < 1.29 is 19.5 Å². The van der Waals surface area contributed by atoms with Crippen LogP contribution in [0.5, 0.6) is 0 Å². The molecule has 2 heterocycles. The number of rotatable bonds is 4. The van der Waals surface area contributed by atoms with E-state index in [-0.39, 0.29) is 18.5 Å². The summed E-state index contributed by atoms with van der Waals surface area (Å²) in [5.74, 6) is -0.980. The largest absolute Gasteiger partial charge is 0.481 e. The van der Waals surface area contributed by atoms with Crippen molar-refractivity contribution in [3.05, 3.63) is 35.9 Å². The van der Waals surface area contributed by atoms with Crippen LogP contribution in [0, 0.1) is 5.41 Å². The lowest BCUT2D eigenvalue weighted by Crippen LogP contribution is -2.48. The number of likely N-dealkylation sites (tertiary alicyclic amines) is 2. The quantitative estimate of drug-likeness (QED) is 0.860. The summed E-state index contributed by atoms with van der Waals surface area (Å²) >= 11 is 0. The maximum atomic E-state index is 12.5. The van der Waals surface area contributed by atoms with Crippen LogP contribution >= 0.6 is 0 Å². The van der Waals surface area contributed by atoms with E-state index in [1.807, 2.05) is 30.3 Å². The average Bonchev–Trinajstić information content (AvgIpc) is 3.15. The van der Waals surface area contributed by atoms with Gasteiger partial charge in [-0.1, -0.05) is 30.3 Å². The summed E-state index contributed by atoms with van der Waals surface area (Å²) in [7, 11) is 0. The van der Waals surface area contributed by atoms with E-state index < -0.39 is 17.4 Å². The lowest BCUT2D eigenvalue weighted by molar-refractivity contribution is -0.147. The molecule has 0 aromatic heterocycles. The van der Waals surface area contributed by atoms with Gasteiger partial charge in [-0.2, -0.15) is 0 Å². The van der Waals surface area contributed by atoms with E-state index in [2.05, 4.69) is 5.32 Å². The van der Waals surface area contributed by atoms with Gasteiger partial charge in [-0.05, 0) is 25.3 Å². The average molecular weight is 345 g/mol. The minimum Gasteiger partial charge on any atom is -0.481 e. The second kappa shape index (κ2) is 6.74. The zero-order valence-electron chi connectivity index (χ0n) is 14.3. The van der Waals surface area contributed by atoms with Gasteiger partial charge in [0.2, 0.25) is 5.91 Å². The minimum absolute atomic E-state index is 0.0857. The first-order valence-electron chi connectivity index (χ1n) is 8.51. The lowest BCUT2D eigenvalue weighted by atomic mass is 9.90. The van der Waals surface area contributed by atoms with Gasteiger partial charge in [-0.3, -0.25) is 9.59 Å². The van der Waals surface area contributed by atoms with Gasteiger partial charge in [0.05, 0.1) is 5.41 Å². The number of amides is 3. The van der Waals surface area contributed by atoms with E-state index in [9.17, 15) is 19.5 Å². The second-order valence-corrected chi connectivity index (χ2v) is 7.07. The van der Waals surface area contributed by atoms with Crippen molar-refractivity contribution in [1.29, 1.82) is 0 Å². The maximum absolute atomic E-state index is 12.5. The van der Waals surface area contributed by atoms with Crippen LogP contribution in [0.3, 0.4) is 0 Å². The standard InChI is InChI=1S/C18H23N3O4/c1-18(16(23)24)8-10-21(12-18)17(25)19-14-7-9-20(15(14)22)11-13-5-3-2-4-6-13/h2-6,14H,7-12H2,1H3,(H,19,25)(H,23,24). The van der Waals surface area contributed by atoms with Crippen molar-refractivity contribution in [1.82, 2.24) is 15.1 Å². The number of hydrogen-bond donors (Lipinski definition) is 2. The highest BCUT2D eigenvalue weighted by molar-refractivity contribution is 5.89. The van der Waals surface area contributed by atoms with Gasteiger partial charge in [0.25, 0.3) is 0 Å². The van der Waals surface area contributed by atoms with Crippen molar-refractivity contribution in [2.24, 2.45) is 5.41 Å². The minimum atomic E-state index is -0.906. The summed E-state index contributed by atoms with van der Waals surface area (Å²) < 4.78 is 0. The molecule has 0 saturated carbocycles. The highest BCUT2D eigenvalue weighted by atomic mass is 16.4. The molecule has 0 aliphatic carbocycles. The summed E-state index contributed by atoms with van der Waals surface area (Å²) in [6, 6.07) is 8.84. The molecule has 2 saturated heterocycles.